The molecule has 0 aromatic carbocycles. The maximum absolute atomic E-state index is 10.8. The number of ether oxygens (including phenoxy) is 1. The molecule has 192 valence electrons. The summed E-state index contributed by atoms with van der Waals surface area (Å²) in [4.78, 5) is 10.8. The topological polar surface area (TPSA) is 26.3 Å². The second-order valence-electron chi connectivity index (χ2n) is 12.9. The summed E-state index contributed by atoms with van der Waals surface area (Å²) >= 11 is 0. The molecular formula is C32H52O2. The Morgan fingerprint density at radius 3 is 2.12 bits per heavy atom. The lowest BCUT2D eigenvalue weighted by Gasteiger charge is -2.56. The summed E-state index contributed by atoms with van der Waals surface area (Å²) in [5.74, 6) is 3.52. The van der Waals surface area contributed by atoms with Crippen molar-refractivity contribution in [2.75, 3.05) is 0 Å². The van der Waals surface area contributed by atoms with Crippen molar-refractivity contribution in [3.8, 4) is 0 Å². The Labute approximate surface area is 211 Å². The van der Waals surface area contributed by atoms with E-state index in [2.05, 4.69) is 73.8 Å². The Morgan fingerprint density at radius 2 is 1.79 bits per heavy atom. The molecule has 0 radical (unpaired) electrons. The van der Waals surface area contributed by atoms with E-state index in [1.165, 1.54) is 50.2 Å². The quantitative estimate of drug-likeness (QED) is 0.297. The molecule has 0 N–H and O–H groups in total. The molecular weight excluding hydrogens is 416 g/mol. The lowest BCUT2D eigenvalue weighted by atomic mass is 9.49. The third kappa shape index (κ3) is 6.55. The molecule has 0 aromatic rings. The van der Waals surface area contributed by atoms with Crippen molar-refractivity contribution >= 4 is 5.97 Å². The van der Waals surface area contributed by atoms with E-state index in [9.17, 15) is 4.79 Å². The number of fused-ring (bicyclic) bond motifs is 3. The van der Waals surface area contributed by atoms with Gasteiger partial charge in [0.25, 0.3) is 0 Å². The Bertz CT molecular complexity index is 820. The van der Waals surface area contributed by atoms with Crippen LogP contribution in [0.5, 0.6) is 0 Å². The summed E-state index contributed by atoms with van der Waals surface area (Å²) < 4.78 is 5.18. The molecule has 4 bridgehead atoms. The van der Waals surface area contributed by atoms with Crippen LogP contribution in [-0.2, 0) is 9.53 Å². The molecule has 5 aliphatic carbocycles. The summed E-state index contributed by atoms with van der Waals surface area (Å²) in [6.45, 7) is 27.1. The Balaban J connectivity index is 0.000000183. The molecule has 0 heterocycles. The van der Waals surface area contributed by atoms with Crippen LogP contribution in [0, 0.1) is 34.5 Å². The van der Waals surface area contributed by atoms with Gasteiger partial charge in [0.05, 0.1) is 0 Å². The number of hydrogen-bond donors (Lipinski definition) is 0. The average molecular weight is 469 g/mol. The fourth-order valence-electron chi connectivity index (χ4n) is 6.57. The third-order valence-corrected chi connectivity index (χ3v) is 9.52. The van der Waals surface area contributed by atoms with Gasteiger partial charge in [-0.1, -0.05) is 69.7 Å². The zero-order valence-electron chi connectivity index (χ0n) is 23.7. The van der Waals surface area contributed by atoms with Gasteiger partial charge in [0.1, 0.15) is 5.60 Å². The minimum Gasteiger partial charge on any atom is -0.455 e. The van der Waals surface area contributed by atoms with Crippen molar-refractivity contribution in [2.24, 2.45) is 34.5 Å². The zero-order chi connectivity index (χ0) is 25.9. The van der Waals surface area contributed by atoms with Crippen LogP contribution in [0.3, 0.4) is 0 Å². The van der Waals surface area contributed by atoms with Crippen molar-refractivity contribution < 1.29 is 9.53 Å². The fraction of sp³-hybridized carbons (Fsp3) is 0.719. The maximum Gasteiger partial charge on any atom is 0.303 e. The van der Waals surface area contributed by atoms with Gasteiger partial charge in [-0.05, 0) is 113 Å². The number of allylic oxidation sites excluding steroid dienone is 5. The first-order chi connectivity index (χ1) is 15.6. The molecule has 5 atom stereocenters. The zero-order valence-corrected chi connectivity index (χ0v) is 23.7. The van der Waals surface area contributed by atoms with Crippen LogP contribution in [-0.4, -0.2) is 11.6 Å². The first-order valence-electron chi connectivity index (χ1n) is 13.5. The van der Waals surface area contributed by atoms with Gasteiger partial charge in [0, 0.05) is 6.92 Å². The second-order valence-corrected chi connectivity index (χ2v) is 12.9. The molecule has 0 saturated heterocycles. The molecule has 0 aromatic heterocycles. The fourth-order valence-corrected chi connectivity index (χ4v) is 6.57. The smallest absolute Gasteiger partial charge is 0.303 e. The van der Waals surface area contributed by atoms with Gasteiger partial charge < -0.3 is 4.74 Å². The Morgan fingerprint density at radius 1 is 1.15 bits per heavy atom. The molecule has 5 rings (SSSR count). The van der Waals surface area contributed by atoms with Gasteiger partial charge >= 0.3 is 5.97 Å². The van der Waals surface area contributed by atoms with E-state index in [4.69, 9.17) is 4.74 Å². The minimum absolute atomic E-state index is 0.260. The highest BCUT2D eigenvalue weighted by Gasteiger charge is 2.50. The molecule has 5 aliphatic rings. The maximum atomic E-state index is 10.8. The summed E-state index contributed by atoms with van der Waals surface area (Å²) in [7, 11) is 0. The number of carbonyl (C=O) groups is 1. The van der Waals surface area contributed by atoms with Crippen LogP contribution >= 0.6 is 0 Å². The molecule has 0 spiro atoms. The number of esters is 1. The average Bonchev–Trinajstić information content (AvgIpc) is 3.30. The molecule has 2 nitrogen and oxygen atoms in total. The number of hydrogen-bond acceptors (Lipinski definition) is 2. The van der Waals surface area contributed by atoms with E-state index in [1.54, 1.807) is 11.6 Å². The van der Waals surface area contributed by atoms with Crippen molar-refractivity contribution in [3.05, 3.63) is 48.1 Å². The van der Waals surface area contributed by atoms with Crippen LogP contribution in [0.4, 0.5) is 0 Å². The minimum atomic E-state index is -0.530. The standard InChI is InChI=1S/C12H20O2.2C10H16/c1-6-12(5,14-11(4)13)9-7-8-10(2)3;1-7-8-4-5-9(6-8)10(7,2)3;1-7-4-5-8-6-9(7)10(8,2)3/h6,8H,1,7,9H2,2-5H3;8-9H,1,4-6H2,2-3H3;4,8-9H,5-6H2,1-3H3. The van der Waals surface area contributed by atoms with Gasteiger partial charge in [-0.25, -0.2) is 0 Å². The van der Waals surface area contributed by atoms with Crippen LogP contribution in [0.1, 0.15) is 107 Å². The van der Waals surface area contributed by atoms with Gasteiger partial charge in [0.15, 0.2) is 0 Å². The van der Waals surface area contributed by atoms with Crippen LogP contribution in [0.2, 0.25) is 0 Å². The molecule has 2 heteroatoms. The molecule has 0 amide bonds. The summed E-state index contributed by atoms with van der Waals surface area (Å²) in [5, 5.41) is 0. The monoisotopic (exact) mass is 468 g/mol. The molecule has 5 unspecified atom stereocenters. The SMILES string of the molecule is C=C1C2CCC(C2)C1(C)C.C=CC(C)(CCC=C(C)C)OC(C)=O.CC1=CCC2CC1C2(C)C. The van der Waals surface area contributed by atoms with Gasteiger partial charge in [0.2, 0.25) is 0 Å². The number of carbonyl (C=O) groups excluding carboxylic acids is 1. The van der Waals surface area contributed by atoms with E-state index >= 15 is 0 Å². The van der Waals surface area contributed by atoms with Crippen molar-refractivity contribution in [2.45, 2.75) is 113 Å². The van der Waals surface area contributed by atoms with E-state index in [0.29, 0.717) is 10.8 Å². The molecule has 3 fully saturated rings. The Kier molecular flexibility index (Phi) is 9.28. The summed E-state index contributed by atoms with van der Waals surface area (Å²) in [6.07, 6.45) is 15.1. The van der Waals surface area contributed by atoms with Crippen molar-refractivity contribution in [1.29, 1.82) is 0 Å². The van der Waals surface area contributed by atoms with Crippen LogP contribution in [0.25, 0.3) is 0 Å². The Hall–Kier alpha value is -1.57. The second kappa shape index (κ2) is 11.0. The largest absolute Gasteiger partial charge is 0.455 e. The van der Waals surface area contributed by atoms with Gasteiger partial charge in [-0.2, -0.15) is 0 Å². The van der Waals surface area contributed by atoms with E-state index in [1.807, 2.05) is 6.92 Å². The molecule has 3 saturated carbocycles. The molecule has 34 heavy (non-hydrogen) atoms. The van der Waals surface area contributed by atoms with E-state index in [0.717, 1.165) is 36.5 Å². The van der Waals surface area contributed by atoms with Crippen molar-refractivity contribution in [1.82, 2.24) is 0 Å². The number of rotatable bonds is 5. The van der Waals surface area contributed by atoms with E-state index < -0.39 is 5.60 Å². The first kappa shape index (κ1) is 28.7. The highest BCUT2D eigenvalue weighted by atomic mass is 16.6. The first-order valence-corrected chi connectivity index (χ1v) is 13.5. The van der Waals surface area contributed by atoms with Crippen molar-refractivity contribution in [3.63, 3.8) is 0 Å². The predicted molar refractivity (Wildman–Crippen MR) is 147 cm³/mol. The summed E-state index contributed by atoms with van der Waals surface area (Å²) in [6, 6.07) is 0. The normalized spacial score (nSPS) is 30.7. The van der Waals surface area contributed by atoms with Crippen LogP contribution < -0.4 is 0 Å². The highest BCUT2D eigenvalue weighted by Crippen LogP contribution is 2.59. The van der Waals surface area contributed by atoms with E-state index in [-0.39, 0.29) is 5.97 Å². The lowest BCUT2D eigenvalue weighted by molar-refractivity contribution is -0.151. The highest BCUT2D eigenvalue weighted by molar-refractivity contribution is 5.66. The van der Waals surface area contributed by atoms with Gasteiger partial charge in [-0.15, -0.1) is 0 Å². The predicted octanol–water partition coefficient (Wildman–Crippen LogP) is 9.24. The summed E-state index contributed by atoms with van der Waals surface area (Å²) in [5.41, 5.74) is 5.04. The molecule has 0 aliphatic heterocycles. The van der Waals surface area contributed by atoms with Crippen LogP contribution in [0.15, 0.2) is 48.1 Å². The lowest BCUT2D eigenvalue weighted by Crippen LogP contribution is -2.47. The third-order valence-electron chi connectivity index (χ3n) is 9.52. The van der Waals surface area contributed by atoms with Gasteiger partial charge in [-0.3, -0.25) is 4.79 Å².